The van der Waals surface area contributed by atoms with Gasteiger partial charge in [0.1, 0.15) is 18.1 Å². The van der Waals surface area contributed by atoms with Crippen LogP contribution in [-0.2, 0) is 0 Å². The molecular formula is C21H14FN3O2. The maximum atomic E-state index is 14.1. The Hall–Kier alpha value is -3.72. The van der Waals surface area contributed by atoms with Crippen molar-refractivity contribution in [3.63, 3.8) is 0 Å². The van der Waals surface area contributed by atoms with Gasteiger partial charge in [-0.25, -0.2) is 4.39 Å². The number of fused-ring (bicyclic) bond motifs is 1. The van der Waals surface area contributed by atoms with E-state index in [9.17, 15) is 9.18 Å². The number of pyridine rings is 1. The van der Waals surface area contributed by atoms with Gasteiger partial charge in [0.05, 0.1) is 29.9 Å². The van der Waals surface area contributed by atoms with E-state index in [1.807, 2.05) is 0 Å². The molecule has 0 spiro atoms. The van der Waals surface area contributed by atoms with Crippen LogP contribution in [0, 0.1) is 17.1 Å². The number of carbonyl (C=O) groups is 1. The third-order valence-electron chi connectivity index (χ3n) is 4.40. The van der Waals surface area contributed by atoms with E-state index in [2.05, 4.69) is 11.1 Å². The van der Waals surface area contributed by atoms with E-state index in [-0.39, 0.29) is 5.56 Å². The second-order valence-corrected chi connectivity index (χ2v) is 6.01. The molecule has 5 nitrogen and oxygen atoms in total. The molecule has 1 amide bonds. The molecule has 0 radical (unpaired) electrons. The molecule has 0 bridgehead atoms. The van der Waals surface area contributed by atoms with Crippen molar-refractivity contribution in [1.29, 1.82) is 5.26 Å². The van der Waals surface area contributed by atoms with Crippen molar-refractivity contribution in [3.05, 3.63) is 77.9 Å². The lowest BCUT2D eigenvalue weighted by atomic mass is 10.0. The lowest BCUT2D eigenvalue weighted by Crippen LogP contribution is -2.38. The number of amides is 1. The van der Waals surface area contributed by atoms with E-state index in [1.54, 1.807) is 48.8 Å². The first-order chi connectivity index (χ1) is 13.2. The molecule has 3 aromatic rings. The number of ether oxygens (including phenoxy) is 1. The molecule has 0 aliphatic carbocycles. The SMILES string of the molecule is N#Cc1ccc(-c2cncc3c2OCCN3C(=O)c2ccccc2F)cc1. The third-order valence-corrected chi connectivity index (χ3v) is 4.40. The Bertz CT molecular complexity index is 1060. The molecule has 0 saturated heterocycles. The molecule has 1 aliphatic heterocycles. The Kier molecular flexibility index (Phi) is 4.27. The van der Waals surface area contributed by atoms with Crippen molar-refractivity contribution in [2.45, 2.75) is 0 Å². The molecule has 4 rings (SSSR count). The summed E-state index contributed by atoms with van der Waals surface area (Å²) in [7, 11) is 0. The summed E-state index contributed by atoms with van der Waals surface area (Å²) in [6.45, 7) is 0.596. The number of nitrogens with zero attached hydrogens (tertiary/aromatic N) is 3. The largest absolute Gasteiger partial charge is 0.489 e. The van der Waals surface area contributed by atoms with Gasteiger partial charge in [-0.3, -0.25) is 9.78 Å². The number of anilines is 1. The number of aromatic nitrogens is 1. The lowest BCUT2D eigenvalue weighted by molar-refractivity contribution is 0.0972. The first-order valence-corrected chi connectivity index (χ1v) is 8.37. The molecule has 0 N–H and O–H groups in total. The highest BCUT2D eigenvalue weighted by Crippen LogP contribution is 2.40. The minimum atomic E-state index is -0.563. The summed E-state index contributed by atoms with van der Waals surface area (Å²) in [5.74, 6) is -0.478. The van der Waals surface area contributed by atoms with Crippen LogP contribution in [0.3, 0.4) is 0 Å². The normalized spacial score (nSPS) is 12.7. The monoisotopic (exact) mass is 359 g/mol. The number of hydrogen-bond donors (Lipinski definition) is 0. The average molecular weight is 359 g/mol. The second kappa shape index (κ2) is 6.89. The van der Waals surface area contributed by atoms with Gasteiger partial charge in [0.15, 0.2) is 5.75 Å². The first kappa shape index (κ1) is 16.7. The standard InChI is InChI=1S/C21H14FN3O2/c22-18-4-2-1-3-16(18)21(26)25-9-10-27-20-17(12-24-13-19(20)25)15-7-5-14(11-23)6-8-15/h1-8,12-13H,9-10H2. The summed E-state index contributed by atoms with van der Waals surface area (Å²) < 4.78 is 19.9. The van der Waals surface area contributed by atoms with Crippen molar-refractivity contribution >= 4 is 11.6 Å². The van der Waals surface area contributed by atoms with Gasteiger partial charge in [0, 0.05) is 11.8 Å². The van der Waals surface area contributed by atoms with Crippen LogP contribution >= 0.6 is 0 Å². The van der Waals surface area contributed by atoms with Crippen molar-refractivity contribution in [2.75, 3.05) is 18.1 Å². The quantitative estimate of drug-likeness (QED) is 0.698. The maximum absolute atomic E-state index is 14.1. The molecule has 0 atom stereocenters. The molecule has 27 heavy (non-hydrogen) atoms. The summed E-state index contributed by atoms with van der Waals surface area (Å²) in [4.78, 5) is 18.6. The lowest BCUT2D eigenvalue weighted by Gasteiger charge is -2.30. The highest BCUT2D eigenvalue weighted by Gasteiger charge is 2.28. The van der Waals surface area contributed by atoms with E-state index < -0.39 is 11.7 Å². The van der Waals surface area contributed by atoms with Gasteiger partial charge in [0.25, 0.3) is 5.91 Å². The van der Waals surface area contributed by atoms with Crippen LogP contribution in [0.15, 0.2) is 60.9 Å². The van der Waals surface area contributed by atoms with Gasteiger partial charge in [-0.15, -0.1) is 0 Å². The number of rotatable bonds is 2. The van der Waals surface area contributed by atoms with E-state index in [0.717, 1.165) is 5.56 Å². The summed E-state index contributed by atoms with van der Waals surface area (Å²) in [6, 6.07) is 15.0. The molecule has 6 heteroatoms. The topological polar surface area (TPSA) is 66.2 Å². The van der Waals surface area contributed by atoms with Gasteiger partial charge in [-0.05, 0) is 29.8 Å². The highest BCUT2D eigenvalue weighted by molar-refractivity contribution is 6.07. The molecule has 2 aromatic carbocycles. The van der Waals surface area contributed by atoms with Crippen molar-refractivity contribution in [3.8, 4) is 22.9 Å². The van der Waals surface area contributed by atoms with Crippen LogP contribution in [0.1, 0.15) is 15.9 Å². The first-order valence-electron chi connectivity index (χ1n) is 8.37. The van der Waals surface area contributed by atoms with Crippen molar-refractivity contribution in [2.24, 2.45) is 0 Å². The van der Waals surface area contributed by atoms with E-state index in [4.69, 9.17) is 10.00 Å². The van der Waals surface area contributed by atoms with E-state index in [0.29, 0.717) is 35.7 Å². The summed E-state index contributed by atoms with van der Waals surface area (Å²) in [6.07, 6.45) is 3.19. The zero-order valence-corrected chi connectivity index (χ0v) is 14.2. The fourth-order valence-corrected chi connectivity index (χ4v) is 3.06. The molecule has 2 heterocycles. The predicted molar refractivity (Wildman–Crippen MR) is 98.0 cm³/mol. The maximum Gasteiger partial charge on any atom is 0.261 e. The smallest absolute Gasteiger partial charge is 0.261 e. The number of hydrogen-bond acceptors (Lipinski definition) is 4. The molecule has 1 aliphatic rings. The van der Waals surface area contributed by atoms with Crippen LogP contribution in [0.5, 0.6) is 5.75 Å². The predicted octanol–water partition coefficient (Wildman–Crippen LogP) is 3.80. The number of nitriles is 1. The van der Waals surface area contributed by atoms with Crippen LogP contribution in [0.25, 0.3) is 11.1 Å². The van der Waals surface area contributed by atoms with Crippen LogP contribution in [-0.4, -0.2) is 24.0 Å². The van der Waals surface area contributed by atoms with Gasteiger partial charge in [-0.1, -0.05) is 24.3 Å². The van der Waals surface area contributed by atoms with E-state index in [1.165, 1.54) is 17.0 Å². The molecule has 0 fully saturated rings. The number of carbonyl (C=O) groups excluding carboxylic acids is 1. The highest BCUT2D eigenvalue weighted by atomic mass is 19.1. The van der Waals surface area contributed by atoms with E-state index >= 15 is 0 Å². The van der Waals surface area contributed by atoms with Crippen LogP contribution in [0.2, 0.25) is 0 Å². The molecule has 0 unspecified atom stereocenters. The summed E-state index contributed by atoms with van der Waals surface area (Å²) in [5, 5.41) is 8.96. The van der Waals surface area contributed by atoms with Gasteiger partial charge < -0.3 is 9.64 Å². The Morgan fingerprint density at radius 1 is 1.15 bits per heavy atom. The fraction of sp³-hybridized carbons (Fsp3) is 0.0952. The second-order valence-electron chi connectivity index (χ2n) is 6.01. The average Bonchev–Trinajstić information content (AvgIpc) is 2.73. The molecule has 1 aromatic heterocycles. The zero-order chi connectivity index (χ0) is 18.8. The Morgan fingerprint density at radius 2 is 1.93 bits per heavy atom. The third kappa shape index (κ3) is 3.00. The van der Waals surface area contributed by atoms with Crippen molar-refractivity contribution in [1.82, 2.24) is 4.98 Å². The van der Waals surface area contributed by atoms with Gasteiger partial charge >= 0.3 is 0 Å². The van der Waals surface area contributed by atoms with Crippen LogP contribution < -0.4 is 9.64 Å². The fourth-order valence-electron chi connectivity index (χ4n) is 3.06. The molecular weight excluding hydrogens is 345 g/mol. The number of benzene rings is 2. The minimum Gasteiger partial charge on any atom is -0.489 e. The van der Waals surface area contributed by atoms with Gasteiger partial charge in [0.2, 0.25) is 0 Å². The molecule has 0 saturated carbocycles. The van der Waals surface area contributed by atoms with Crippen molar-refractivity contribution < 1.29 is 13.9 Å². The van der Waals surface area contributed by atoms with Crippen LogP contribution in [0.4, 0.5) is 10.1 Å². The Morgan fingerprint density at radius 3 is 2.67 bits per heavy atom. The Labute approximate surface area is 155 Å². The van der Waals surface area contributed by atoms with Gasteiger partial charge in [-0.2, -0.15) is 5.26 Å². The number of halogens is 1. The summed E-state index contributed by atoms with van der Waals surface area (Å²) >= 11 is 0. The minimum absolute atomic E-state index is 0.00845. The zero-order valence-electron chi connectivity index (χ0n) is 14.2. The Balaban J connectivity index is 1.77. The summed E-state index contributed by atoms with van der Waals surface area (Å²) in [5.41, 5.74) is 2.58. The molecule has 132 valence electrons.